The Labute approximate surface area is 93.4 Å². The van der Waals surface area contributed by atoms with E-state index in [4.69, 9.17) is 10.8 Å². The van der Waals surface area contributed by atoms with Crippen molar-refractivity contribution >= 4 is 22.1 Å². The van der Waals surface area contributed by atoms with E-state index < -0.39 is 28.1 Å². The number of carbonyl (C=O) groups is 2. The average Bonchev–Trinajstić information content (AvgIpc) is 2.11. The van der Waals surface area contributed by atoms with Gasteiger partial charge in [0.05, 0.1) is 0 Å². The summed E-state index contributed by atoms with van der Waals surface area (Å²) in [4.78, 5) is 21.1. The van der Waals surface area contributed by atoms with Gasteiger partial charge in [0, 0.05) is 13.0 Å². The average molecular weight is 253 g/mol. The molecule has 0 bridgehead atoms. The Kier molecular flexibility index (Phi) is 5.93. The number of carboxylic acids is 1. The van der Waals surface area contributed by atoms with Crippen LogP contribution in [0.4, 0.5) is 0 Å². The Morgan fingerprint density at radius 1 is 1.44 bits per heavy atom. The van der Waals surface area contributed by atoms with Crippen LogP contribution in [0.1, 0.15) is 19.8 Å². The lowest BCUT2D eigenvalue weighted by Crippen LogP contribution is -2.46. The smallest absolute Gasteiger partial charge is 0.321 e. The van der Waals surface area contributed by atoms with E-state index in [0.29, 0.717) is 0 Å². The van der Waals surface area contributed by atoms with Crippen molar-refractivity contribution in [2.45, 2.75) is 25.8 Å². The predicted molar refractivity (Wildman–Crippen MR) is 55.6 cm³/mol. The van der Waals surface area contributed by atoms with E-state index >= 15 is 0 Å². The van der Waals surface area contributed by atoms with E-state index in [-0.39, 0.29) is 19.4 Å². The van der Waals surface area contributed by atoms with E-state index in [9.17, 15) is 18.0 Å². The summed E-state index contributed by atoms with van der Waals surface area (Å²) >= 11 is 0. The first-order chi connectivity index (χ1) is 7.28. The van der Waals surface area contributed by atoms with Gasteiger partial charge in [-0.05, 0) is 6.42 Å². The molecule has 0 rings (SSSR count). The summed E-state index contributed by atoms with van der Waals surface area (Å²) in [5.41, 5.74) is 4.84. The number of nitrogens with two attached hydrogens (primary N) is 1. The van der Waals surface area contributed by atoms with Gasteiger partial charge in [-0.1, -0.05) is 6.92 Å². The summed E-state index contributed by atoms with van der Waals surface area (Å²) in [5, 5.41) is 8.71. The minimum absolute atomic E-state index is 0.136. The molecule has 9 heteroatoms. The molecular formula is C7H15N3O5S. The van der Waals surface area contributed by atoms with Gasteiger partial charge >= 0.3 is 5.97 Å². The van der Waals surface area contributed by atoms with Crippen molar-refractivity contribution in [3.05, 3.63) is 0 Å². The lowest BCUT2D eigenvalue weighted by molar-refractivity contribution is -0.139. The Balaban J connectivity index is 4.45. The van der Waals surface area contributed by atoms with E-state index in [0.717, 1.165) is 0 Å². The van der Waals surface area contributed by atoms with E-state index in [1.54, 1.807) is 6.92 Å². The lowest BCUT2D eigenvalue weighted by Gasteiger charge is -2.13. The highest BCUT2D eigenvalue weighted by molar-refractivity contribution is 7.87. The summed E-state index contributed by atoms with van der Waals surface area (Å²) in [6.07, 6.45) is -0.388. The highest BCUT2D eigenvalue weighted by Crippen LogP contribution is 1.98. The fourth-order valence-electron chi connectivity index (χ4n) is 0.938. The number of hydrogen-bond acceptors (Lipinski definition) is 4. The van der Waals surface area contributed by atoms with Gasteiger partial charge in [0.25, 0.3) is 10.2 Å². The number of aliphatic carboxylic acids is 1. The van der Waals surface area contributed by atoms with Gasteiger partial charge in [0.15, 0.2) is 0 Å². The van der Waals surface area contributed by atoms with Crippen LogP contribution in [-0.4, -0.2) is 38.0 Å². The van der Waals surface area contributed by atoms with Gasteiger partial charge in [0.1, 0.15) is 6.04 Å². The Morgan fingerprint density at radius 2 is 2.00 bits per heavy atom. The molecule has 0 aromatic rings. The maximum absolute atomic E-state index is 11.2. The van der Waals surface area contributed by atoms with Crippen LogP contribution >= 0.6 is 0 Å². The minimum Gasteiger partial charge on any atom is -0.480 e. The molecule has 0 spiro atoms. The molecule has 16 heavy (non-hydrogen) atoms. The molecular weight excluding hydrogens is 238 g/mol. The predicted octanol–water partition coefficient (Wildman–Crippen LogP) is -1.85. The van der Waals surface area contributed by atoms with Crippen LogP contribution < -0.4 is 15.2 Å². The molecule has 1 atom stereocenters. The molecule has 0 aromatic heterocycles. The first-order valence-corrected chi connectivity index (χ1v) is 6.05. The number of carboxylic acid groups (broad SMARTS) is 1. The standard InChI is InChI=1S/C7H15N3O5S/c1-2-9-16(14,15)10-5(7(12)13)3-4-6(8)11/h5,9-10H,2-4H2,1H3,(H2,8,11)(H,12,13). The Hall–Kier alpha value is -1.19. The van der Waals surface area contributed by atoms with Crippen molar-refractivity contribution in [1.82, 2.24) is 9.44 Å². The lowest BCUT2D eigenvalue weighted by atomic mass is 10.2. The molecule has 5 N–H and O–H groups in total. The van der Waals surface area contributed by atoms with Crippen molar-refractivity contribution in [3.63, 3.8) is 0 Å². The molecule has 0 saturated heterocycles. The van der Waals surface area contributed by atoms with Crippen LogP contribution in [0.2, 0.25) is 0 Å². The van der Waals surface area contributed by atoms with E-state index in [2.05, 4.69) is 4.72 Å². The number of amides is 1. The van der Waals surface area contributed by atoms with Gasteiger partial charge in [-0.3, -0.25) is 9.59 Å². The molecule has 0 aliphatic heterocycles. The van der Waals surface area contributed by atoms with Crippen molar-refractivity contribution < 1.29 is 23.1 Å². The molecule has 0 aliphatic rings. The van der Waals surface area contributed by atoms with Crippen molar-refractivity contribution in [3.8, 4) is 0 Å². The maximum atomic E-state index is 11.2. The monoisotopic (exact) mass is 253 g/mol. The maximum Gasteiger partial charge on any atom is 0.321 e. The molecule has 0 radical (unpaired) electrons. The molecule has 8 nitrogen and oxygen atoms in total. The summed E-state index contributed by atoms with van der Waals surface area (Å²) in [6, 6.07) is -1.36. The largest absolute Gasteiger partial charge is 0.480 e. The van der Waals surface area contributed by atoms with E-state index in [1.807, 2.05) is 4.72 Å². The topological polar surface area (TPSA) is 139 Å². The van der Waals surface area contributed by atoms with Gasteiger partial charge < -0.3 is 10.8 Å². The number of rotatable bonds is 8. The van der Waals surface area contributed by atoms with Crippen molar-refractivity contribution in [2.24, 2.45) is 5.73 Å². The third-order valence-electron chi connectivity index (χ3n) is 1.61. The molecule has 94 valence electrons. The fourth-order valence-corrected chi connectivity index (χ4v) is 1.99. The summed E-state index contributed by atoms with van der Waals surface area (Å²) in [6.45, 7) is 1.69. The first-order valence-electron chi connectivity index (χ1n) is 4.56. The first kappa shape index (κ1) is 14.8. The van der Waals surface area contributed by atoms with Gasteiger partial charge in [-0.2, -0.15) is 13.1 Å². The second kappa shape index (κ2) is 6.40. The summed E-state index contributed by atoms with van der Waals surface area (Å²) in [5.74, 6) is -2.04. The summed E-state index contributed by atoms with van der Waals surface area (Å²) in [7, 11) is -3.86. The van der Waals surface area contributed by atoms with Crippen LogP contribution in [0.25, 0.3) is 0 Å². The number of nitrogens with one attached hydrogen (secondary N) is 2. The normalized spacial score (nSPS) is 13.3. The minimum atomic E-state index is -3.86. The van der Waals surface area contributed by atoms with Gasteiger partial charge in [0.2, 0.25) is 5.91 Å². The zero-order valence-corrected chi connectivity index (χ0v) is 9.58. The molecule has 0 aliphatic carbocycles. The van der Waals surface area contributed by atoms with Crippen LogP contribution in [-0.2, 0) is 19.8 Å². The third-order valence-corrected chi connectivity index (χ3v) is 2.87. The molecule has 0 aromatic carbocycles. The fraction of sp³-hybridized carbons (Fsp3) is 0.714. The summed E-state index contributed by atoms with van der Waals surface area (Å²) < 4.78 is 26.4. The molecule has 0 fully saturated rings. The Morgan fingerprint density at radius 3 is 2.38 bits per heavy atom. The second-order valence-electron chi connectivity index (χ2n) is 3.01. The van der Waals surface area contributed by atoms with Crippen LogP contribution in [0, 0.1) is 0 Å². The Bertz CT molecular complexity index is 353. The van der Waals surface area contributed by atoms with Crippen LogP contribution in [0.5, 0.6) is 0 Å². The highest BCUT2D eigenvalue weighted by atomic mass is 32.2. The van der Waals surface area contributed by atoms with Crippen molar-refractivity contribution in [2.75, 3.05) is 6.54 Å². The second-order valence-corrected chi connectivity index (χ2v) is 4.55. The van der Waals surface area contributed by atoms with Crippen molar-refractivity contribution in [1.29, 1.82) is 0 Å². The molecule has 0 heterocycles. The molecule has 0 saturated carbocycles. The zero-order valence-electron chi connectivity index (χ0n) is 8.76. The van der Waals surface area contributed by atoms with Gasteiger partial charge in [-0.25, -0.2) is 4.72 Å². The van der Waals surface area contributed by atoms with Gasteiger partial charge in [-0.15, -0.1) is 0 Å². The van der Waals surface area contributed by atoms with E-state index in [1.165, 1.54) is 0 Å². The van der Waals surface area contributed by atoms with Crippen LogP contribution in [0.15, 0.2) is 0 Å². The number of primary amides is 1. The third kappa shape index (κ3) is 6.32. The number of carbonyl (C=O) groups excluding carboxylic acids is 1. The van der Waals surface area contributed by atoms with Crippen LogP contribution in [0.3, 0.4) is 0 Å². The molecule has 1 unspecified atom stereocenters. The SMILES string of the molecule is CCNS(=O)(=O)NC(CCC(N)=O)C(=O)O. The molecule has 1 amide bonds. The number of hydrogen-bond donors (Lipinski definition) is 4. The highest BCUT2D eigenvalue weighted by Gasteiger charge is 2.23. The quantitative estimate of drug-likeness (QED) is 0.402. The zero-order chi connectivity index (χ0) is 12.8.